The number of hydrogen-bond donors (Lipinski definition) is 1. The van der Waals surface area contributed by atoms with Crippen molar-refractivity contribution >= 4 is 22.6 Å². The number of nitrogens with zero attached hydrogens (tertiary/aromatic N) is 4. The Hall–Kier alpha value is -2.83. The van der Waals surface area contributed by atoms with Crippen LogP contribution in [0.1, 0.15) is 26.5 Å². The van der Waals surface area contributed by atoms with Crippen molar-refractivity contribution in [2.75, 3.05) is 5.32 Å². The van der Waals surface area contributed by atoms with Gasteiger partial charge in [0.25, 0.3) is 0 Å². The predicted octanol–water partition coefficient (Wildman–Crippen LogP) is 2.98. The lowest BCUT2D eigenvalue weighted by atomic mass is 10.1. The third-order valence-corrected chi connectivity index (χ3v) is 3.32. The Morgan fingerprint density at radius 3 is 2.78 bits per heavy atom. The van der Waals surface area contributed by atoms with E-state index in [0.717, 1.165) is 10.9 Å². The molecule has 0 saturated carbocycles. The molecule has 3 heterocycles. The molecule has 0 saturated heterocycles. The topological polar surface area (TPSA) is 72.7 Å². The molecule has 0 aromatic carbocycles. The van der Waals surface area contributed by atoms with Gasteiger partial charge in [0.2, 0.25) is 5.91 Å². The molecule has 3 rings (SSSR count). The summed E-state index contributed by atoms with van der Waals surface area (Å²) in [4.78, 5) is 19.7. The Labute approximate surface area is 132 Å². The summed E-state index contributed by atoms with van der Waals surface area (Å²) in [6.07, 6.45) is 3.27. The van der Waals surface area contributed by atoms with Gasteiger partial charge in [-0.15, -0.1) is 0 Å². The van der Waals surface area contributed by atoms with Gasteiger partial charge in [0.1, 0.15) is 11.5 Å². The highest BCUT2D eigenvalue weighted by molar-refractivity contribution is 5.90. The van der Waals surface area contributed by atoms with Crippen LogP contribution >= 0.6 is 0 Å². The standard InChI is InChI=1S/C16H16FN5O/c1-10(23)20-14-7-12-11(8-18-14)9-19-22(12)15-6-4-5-13(21-15)16(2,3)17/h4-9H,1-3H3,(H,18,20,23). The SMILES string of the molecule is CC(=O)Nc1cc2c(cn1)cnn2-c1cccc(C(C)(C)F)n1. The fraction of sp³-hybridized carbons (Fsp3) is 0.250. The number of nitrogens with one attached hydrogen (secondary N) is 1. The summed E-state index contributed by atoms with van der Waals surface area (Å²) in [7, 11) is 0. The van der Waals surface area contributed by atoms with Crippen LogP contribution in [0.3, 0.4) is 0 Å². The van der Waals surface area contributed by atoms with Gasteiger partial charge in [-0.1, -0.05) is 6.07 Å². The van der Waals surface area contributed by atoms with Gasteiger partial charge in [0.05, 0.1) is 17.4 Å². The molecule has 0 spiro atoms. The van der Waals surface area contributed by atoms with Crippen molar-refractivity contribution in [3.05, 3.63) is 42.4 Å². The third-order valence-electron chi connectivity index (χ3n) is 3.32. The van der Waals surface area contributed by atoms with Crippen LogP contribution in [0.5, 0.6) is 0 Å². The minimum atomic E-state index is -1.54. The van der Waals surface area contributed by atoms with Crippen LogP contribution in [0.15, 0.2) is 36.7 Å². The van der Waals surface area contributed by atoms with Crippen molar-refractivity contribution in [2.24, 2.45) is 0 Å². The fourth-order valence-electron chi connectivity index (χ4n) is 2.22. The molecule has 3 aromatic heterocycles. The first-order chi connectivity index (χ1) is 10.8. The highest BCUT2D eigenvalue weighted by Gasteiger charge is 2.21. The van der Waals surface area contributed by atoms with Gasteiger partial charge in [-0.05, 0) is 26.0 Å². The van der Waals surface area contributed by atoms with Crippen molar-refractivity contribution in [1.82, 2.24) is 19.7 Å². The Balaban J connectivity index is 2.11. The minimum absolute atomic E-state index is 0.206. The van der Waals surface area contributed by atoms with E-state index in [-0.39, 0.29) is 5.91 Å². The second-order valence-corrected chi connectivity index (χ2v) is 5.72. The van der Waals surface area contributed by atoms with Crippen molar-refractivity contribution in [2.45, 2.75) is 26.4 Å². The maximum atomic E-state index is 14.1. The molecule has 3 aromatic rings. The maximum Gasteiger partial charge on any atom is 0.222 e. The van der Waals surface area contributed by atoms with Gasteiger partial charge in [-0.25, -0.2) is 19.0 Å². The first-order valence-corrected chi connectivity index (χ1v) is 7.13. The zero-order valence-corrected chi connectivity index (χ0v) is 13.0. The van der Waals surface area contributed by atoms with Gasteiger partial charge in [0, 0.05) is 24.6 Å². The molecule has 6 nitrogen and oxygen atoms in total. The van der Waals surface area contributed by atoms with Gasteiger partial charge < -0.3 is 5.32 Å². The summed E-state index contributed by atoms with van der Waals surface area (Å²) in [6.45, 7) is 4.33. The number of aromatic nitrogens is 4. The van der Waals surface area contributed by atoms with E-state index in [0.29, 0.717) is 17.3 Å². The van der Waals surface area contributed by atoms with Crippen LogP contribution in [0.2, 0.25) is 0 Å². The van der Waals surface area contributed by atoms with E-state index in [1.165, 1.54) is 20.8 Å². The molecule has 1 amide bonds. The van der Waals surface area contributed by atoms with Crippen molar-refractivity contribution in [3.63, 3.8) is 0 Å². The molecule has 7 heteroatoms. The highest BCUT2D eigenvalue weighted by atomic mass is 19.1. The fourth-order valence-corrected chi connectivity index (χ4v) is 2.22. The number of pyridine rings is 2. The number of alkyl halides is 1. The number of carbonyl (C=O) groups excluding carboxylic acids is 1. The number of hydrogen-bond acceptors (Lipinski definition) is 4. The third kappa shape index (κ3) is 3.03. The van der Waals surface area contributed by atoms with E-state index in [9.17, 15) is 9.18 Å². The zero-order valence-electron chi connectivity index (χ0n) is 13.0. The summed E-state index contributed by atoms with van der Waals surface area (Å²) in [5, 5.41) is 7.71. The Morgan fingerprint density at radius 1 is 1.30 bits per heavy atom. The van der Waals surface area contributed by atoms with Crippen molar-refractivity contribution in [1.29, 1.82) is 0 Å². The second kappa shape index (κ2) is 5.42. The van der Waals surface area contributed by atoms with E-state index in [4.69, 9.17) is 0 Å². The van der Waals surface area contributed by atoms with Crippen molar-refractivity contribution in [3.8, 4) is 5.82 Å². The van der Waals surface area contributed by atoms with E-state index < -0.39 is 5.67 Å². The lowest BCUT2D eigenvalue weighted by molar-refractivity contribution is -0.114. The normalized spacial score (nSPS) is 11.7. The van der Waals surface area contributed by atoms with Crippen LogP contribution in [0, 0.1) is 0 Å². The maximum absolute atomic E-state index is 14.1. The van der Waals surface area contributed by atoms with Crippen LogP contribution < -0.4 is 5.32 Å². The van der Waals surface area contributed by atoms with Crippen molar-refractivity contribution < 1.29 is 9.18 Å². The molecule has 1 N–H and O–H groups in total. The highest BCUT2D eigenvalue weighted by Crippen LogP contribution is 2.24. The van der Waals surface area contributed by atoms with Crippen LogP contribution in [-0.2, 0) is 10.5 Å². The minimum Gasteiger partial charge on any atom is -0.311 e. The summed E-state index contributed by atoms with van der Waals surface area (Å²) in [5.41, 5.74) is -0.484. The molecule has 118 valence electrons. The van der Waals surface area contributed by atoms with E-state index in [1.807, 2.05) is 0 Å². The van der Waals surface area contributed by atoms with E-state index in [2.05, 4.69) is 20.4 Å². The summed E-state index contributed by atoms with van der Waals surface area (Å²) < 4.78 is 15.7. The molecule has 0 aliphatic heterocycles. The lowest BCUT2D eigenvalue weighted by Gasteiger charge is -2.14. The van der Waals surface area contributed by atoms with Crippen LogP contribution in [0.25, 0.3) is 16.7 Å². The smallest absolute Gasteiger partial charge is 0.222 e. The number of carbonyl (C=O) groups is 1. The molecular formula is C16H16FN5O. The first-order valence-electron chi connectivity index (χ1n) is 7.13. The molecule has 0 radical (unpaired) electrons. The van der Waals surface area contributed by atoms with Crippen LogP contribution in [-0.4, -0.2) is 25.7 Å². The molecule has 0 aliphatic rings. The average Bonchev–Trinajstić information content (AvgIpc) is 2.89. The molecule has 0 aliphatic carbocycles. The lowest BCUT2D eigenvalue weighted by Crippen LogP contribution is -2.13. The average molecular weight is 313 g/mol. The van der Waals surface area contributed by atoms with E-state index >= 15 is 0 Å². The summed E-state index contributed by atoms with van der Waals surface area (Å²) >= 11 is 0. The molecular weight excluding hydrogens is 297 g/mol. The predicted molar refractivity (Wildman–Crippen MR) is 85.1 cm³/mol. The monoisotopic (exact) mass is 313 g/mol. The second-order valence-electron chi connectivity index (χ2n) is 5.72. The van der Waals surface area contributed by atoms with Gasteiger partial charge in [-0.2, -0.15) is 5.10 Å². The Bertz CT molecular complexity index is 882. The Morgan fingerprint density at radius 2 is 2.09 bits per heavy atom. The number of anilines is 1. The molecule has 0 unspecified atom stereocenters. The Kier molecular flexibility index (Phi) is 3.55. The first kappa shape index (κ1) is 15.1. The van der Waals surface area contributed by atoms with Gasteiger partial charge in [-0.3, -0.25) is 4.79 Å². The number of rotatable bonds is 3. The summed E-state index contributed by atoms with van der Waals surface area (Å²) in [5.74, 6) is 0.721. The van der Waals surface area contributed by atoms with Gasteiger partial charge in [0.15, 0.2) is 5.82 Å². The molecule has 23 heavy (non-hydrogen) atoms. The van der Waals surface area contributed by atoms with E-state index in [1.54, 1.807) is 41.3 Å². The number of amides is 1. The van der Waals surface area contributed by atoms with Crippen LogP contribution in [0.4, 0.5) is 10.2 Å². The quantitative estimate of drug-likeness (QED) is 0.807. The molecule has 0 bridgehead atoms. The molecule has 0 fully saturated rings. The number of halogens is 1. The number of fused-ring (bicyclic) bond motifs is 1. The zero-order chi connectivity index (χ0) is 16.6. The largest absolute Gasteiger partial charge is 0.311 e. The summed E-state index contributed by atoms with van der Waals surface area (Å²) in [6, 6.07) is 6.83. The van der Waals surface area contributed by atoms with Gasteiger partial charge >= 0.3 is 0 Å². The molecule has 0 atom stereocenters.